The van der Waals surface area contributed by atoms with Gasteiger partial charge in [-0.15, -0.1) is 11.3 Å². The third kappa shape index (κ3) is 2.17. The van der Waals surface area contributed by atoms with Crippen LogP contribution in [0.5, 0.6) is 0 Å². The number of carbonyl (C=O) groups is 1. The van der Waals surface area contributed by atoms with E-state index in [1.807, 2.05) is 17.5 Å². The van der Waals surface area contributed by atoms with Gasteiger partial charge in [-0.2, -0.15) is 0 Å². The number of nitrogens with one attached hydrogen (secondary N) is 1. The summed E-state index contributed by atoms with van der Waals surface area (Å²) >= 11 is 1.45. The molecule has 0 aliphatic carbocycles. The minimum atomic E-state index is -0.367. The molecule has 0 saturated heterocycles. The van der Waals surface area contributed by atoms with E-state index < -0.39 is 0 Å². The van der Waals surface area contributed by atoms with Gasteiger partial charge in [0.25, 0.3) is 0 Å². The van der Waals surface area contributed by atoms with Crippen molar-refractivity contribution in [1.29, 1.82) is 5.41 Å². The maximum Gasteiger partial charge on any atom is 0.311 e. The summed E-state index contributed by atoms with van der Waals surface area (Å²) in [7, 11) is 1.32. The first-order valence-corrected chi connectivity index (χ1v) is 4.30. The lowest BCUT2D eigenvalue weighted by Gasteiger charge is -1.98. The van der Waals surface area contributed by atoms with Crippen molar-refractivity contribution >= 4 is 23.0 Å². The van der Waals surface area contributed by atoms with Crippen molar-refractivity contribution in [3.8, 4) is 0 Å². The van der Waals surface area contributed by atoms with Crippen LogP contribution in [-0.4, -0.2) is 18.8 Å². The van der Waals surface area contributed by atoms with Crippen LogP contribution in [0.2, 0.25) is 0 Å². The van der Waals surface area contributed by atoms with E-state index >= 15 is 0 Å². The van der Waals surface area contributed by atoms with Crippen LogP contribution in [0.3, 0.4) is 0 Å². The molecule has 1 N–H and O–H groups in total. The number of carbonyl (C=O) groups excluding carboxylic acids is 1. The summed E-state index contributed by atoms with van der Waals surface area (Å²) in [4.78, 5) is 11.6. The van der Waals surface area contributed by atoms with Crippen LogP contribution in [0.15, 0.2) is 17.5 Å². The normalized spacial score (nSPS) is 9.42. The van der Waals surface area contributed by atoms with Gasteiger partial charge in [-0.1, -0.05) is 6.07 Å². The Morgan fingerprint density at radius 3 is 3.00 bits per heavy atom. The predicted molar refractivity (Wildman–Crippen MR) is 47.8 cm³/mol. The van der Waals surface area contributed by atoms with Crippen LogP contribution in [0.25, 0.3) is 0 Å². The standard InChI is InChI=1S/C8H9NO2S/c1-11-8(10)5-6(9)7-3-2-4-12-7/h2-4,9H,5H2,1H3. The van der Waals surface area contributed by atoms with E-state index in [1.54, 1.807) is 0 Å². The van der Waals surface area contributed by atoms with Crippen molar-refractivity contribution in [1.82, 2.24) is 0 Å². The smallest absolute Gasteiger partial charge is 0.311 e. The van der Waals surface area contributed by atoms with Gasteiger partial charge in [0, 0.05) is 4.88 Å². The van der Waals surface area contributed by atoms with E-state index in [0.29, 0.717) is 5.71 Å². The fourth-order valence-corrected chi connectivity index (χ4v) is 1.43. The summed E-state index contributed by atoms with van der Waals surface area (Å²) in [5.41, 5.74) is 0.317. The number of methoxy groups -OCH3 is 1. The van der Waals surface area contributed by atoms with Crippen LogP contribution in [0, 0.1) is 5.41 Å². The molecule has 0 aliphatic rings. The van der Waals surface area contributed by atoms with Crippen LogP contribution in [0.1, 0.15) is 11.3 Å². The molecule has 0 radical (unpaired) electrons. The fourth-order valence-electron chi connectivity index (χ4n) is 0.754. The SMILES string of the molecule is COC(=O)CC(=N)c1cccs1. The Morgan fingerprint density at radius 2 is 2.50 bits per heavy atom. The molecule has 0 atom stereocenters. The molecule has 0 saturated carbocycles. The number of hydrogen-bond donors (Lipinski definition) is 1. The molecule has 4 heteroatoms. The van der Waals surface area contributed by atoms with Gasteiger partial charge in [-0.05, 0) is 11.4 Å². The average Bonchev–Trinajstić information content (AvgIpc) is 2.56. The summed E-state index contributed by atoms with van der Waals surface area (Å²) in [6, 6.07) is 3.67. The number of esters is 1. The van der Waals surface area contributed by atoms with Gasteiger partial charge in [0.2, 0.25) is 0 Å². The lowest BCUT2D eigenvalue weighted by Crippen LogP contribution is -2.08. The molecular formula is C8H9NO2S. The number of ether oxygens (including phenoxy) is 1. The monoisotopic (exact) mass is 183 g/mol. The molecule has 0 aromatic carbocycles. The molecule has 1 aromatic rings. The van der Waals surface area contributed by atoms with Crippen molar-refractivity contribution in [2.75, 3.05) is 7.11 Å². The van der Waals surface area contributed by atoms with Gasteiger partial charge >= 0.3 is 5.97 Å². The van der Waals surface area contributed by atoms with Crippen LogP contribution in [-0.2, 0) is 9.53 Å². The Morgan fingerprint density at radius 1 is 1.75 bits per heavy atom. The molecule has 0 bridgehead atoms. The molecule has 12 heavy (non-hydrogen) atoms. The van der Waals surface area contributed by atoms with E-state index in [4.69, 9.17) is 5.41 Å². The molecule has 0 aliphatic heterocycles. The van der Waals surface area contributed by atoms with Crippen LogP contribution >= 0.6 is 11.3 Å². The first-order chi connectivity index (χ1) is 5.74. The maximum absolute atomic E-state index is 10.8. The summed E-state index contributed by atoms with van der Waals surface area (Å²) < 4.78 is 4.44. The molecule has 1 aromatic heterocycles. The Kier molecular flexibility index (Phi) is 2.99. The largest absolute Gasteiger partial charge is 0.469 e. The van der Waals surface area contributed by atoms with E-state index in [0.717, 1.165) is 4.88 Å². The third-order valence-corrected chi connectivity index (χ3v) is 2.30. The van der Waals surface area contributed by atoms with E-state index in [1.165, 1.54) is 18.4 Å². The molecule has 3 nitrogen and oxygen atoms in total. The third-order valence-electron chi connectivity index (χ3n) is 1.37. The lowest BCUT2D eigenvalue weighted by atomic mass is 10.2. The van der Waals surface area contributed by atoms with Gasteiger partial charge in [0.1, 0.15) is 0 Å². The first-order valence-electron chi connectivity index (χ1n) is 3.42. The molecule has 0 fully saturated rings. The Balaban J connectivity index is 2.56. The highest BCUT2D eigenvalue weighted by Gasteiger charge is 2.08. The van der Waals surface area contributed by atoms with Crippen molar-refractivity contribution in [3.63, 3.8) is 0 Å². The average molecular weight is 183 g/mol. The zero-order valence-electron chi connectivity index (χ0n) is 6.66. The van der Waals surface area contributed by atoms with Gasteiger partial charge in [0.15, 0.2) is 0 Å². The molecule has 1 heterocycles. The van der Waals surface area contributed by atoms with E-state index in [9.17, 15) is 4.79 Å². The molecule has 1 rings (SSSR count). The Labute approximate surface area is 74.5 Å². The first kappa shape index (κ1) is 8.93. The summed E-state index contributed by atoms with van der Waals surface area (Å²) in [5.74, 6) is -0.367. The van der Waals surface area contributed by atoms with Crippen LogP contribution in [0.4, 0.5) is 0 Å². The fraction of sp³-hybridized carbons (Fsp3) is 0.250. The second-order valence-corrected chi connectivity index (χ2v) is 3.16. The van der Waals surface area contributed by atoms with Gasteiger partial charge in [-0.25, -0.2) is 0 Å². The molecule has 64 valence electrons. The van der Waals surface area contributed by atoms with Crippen molar-refractivity contribution in [2.24, 2.45) is 0 Å². The van der Waals surface area contributed by atoms with Gasteiger partial charge in [-0.3, -0.25) is 4.79 Å². The minimum absolute atomic E-state index is 0.0526. The highest BCUT2D eigenvalue weighted by Crippen LogP contribution is 2.11. The van der Waals surface area contributed by atoms with Gasteiger partial charge in [0.05, 0.1) is 19.2 Å². The van der Waals surface area contributed by atoms with Crippen molar-refractivity contribution < 1.29 is 9.53 Å². The molecule has 0 unspecified atom stereocenters. The quantitative estimate of drug-likeness (QED) is 0.572. The summed E-state index contributed by atoms with van der Waals surface area (Å²) in [5, 5.41) is 9.37. The topological polar surface area (TPSA) is 50.2 Å². The second kappa shape index (κ2) is 4.01. The zero-order chi connectivity index (χ0) is 8.97. The highest BCUT2D eigenvalue weighted by atomic mass is 32.1. The zero-order valence-corrected chi connectivity index (χ0v) is 7.48. The minimum Gasteiger partial charge on any atom is -0.469 e. The number of rotatable bonds is 3. The summed E-state index contributed by atoms with van der Waals surface area (Å²) in [6.07, 6.45) is 0.0526. The number of thiophene rings is 1. The van der Waals surface area contributed by atoms with Crippen molar-refractivity contribution in [2.45, 2.75) is 6.42 Å². The second-order valence-electron chi connectivity index (χ2n) is 2.21. The van der Waals surface area contributed by atoms with Gasteiger partial charge < -0.3 is 10.1 Å². The molecule has 0 spiro atoms. The molecular weight excluding hydrogens is 174 g/mol. The van der Waals surface area contributed by atoms with E-state index in [2.05, 4.69) is 4.74 Å². The number of hydrogen-bond acceptors (Lipinski definition) is 4. The lowest BCUT2D eigenvalue weighted by molar-refractivity contribution is -0.139. The predicted octanol–water partition coefficient (Wildman–Crippen LogP) is 1.68. The van der Waals surface area contributed by atoms with E-state index in [-0.39, 0.29) is 12.4 Å². The Hall–Kier alpha value is -1.16. The van der Waals surface area contributed by atoms with Crippen molar-refractivity contribution in [3.05, 3.63) is 22.4 Å². The Bertz CT molecular complexity index is 279. The summed E-state index contributed by atoms with van der Waals surface area (Å²) in [6.45, 7) is 0. The maximum atomic E-state index is 10.8. The highest BCUT2D eigenvalue weighted by molar-refractivity contribution is 7.12. The van der Waals surface area contributed by atoms with Crippen LogP contribution < -0.4 is 0 Å². The molecule has 0 amide bonds.